The summed E-state index contributed by atoms with van der Waals surface area (Å²) in [6.45, 7) is 2.68. The average molecular weight is 305 g/mol. The Labute approximate surface area is 131 Å². The Kier molecular flexibility index (Phi) is 5.10. The second-order valence-electron chi connectivity index (χ2n) is 5.13. The van der Waals surface area contributed by atoms with Crippen molar-refractivity contribution in [2.24, 2.45) is 5.73 Å². The SMILES string of the molecule is COc1cccc(N(C)Cc2ccccc2Cl)c1[C@H](C)N. The van der Waals surface area contributed by atoms with Gasteiger partial charge in [-0.1, -0.05) is 35.9 Å². The highest BCUT2D eigenvalue weighted by Gasteiger charge is 2.16. The van der Waals surface area contributed by atoms with Crippen LogP contribution < -0.4 is 15.4 Å². The molecule has 2 aromatic carbocycles. The predicted octanol–water partition coefficient (Wildman–Crippen LogP) is 4.00. The molecule has 4 heteroatoms. The number of hydrogen-bond donors (Lipinski definition) is 1. The molecule has 0 bridgehead atoms. The lowest BCUT2D eigenvalue weighted by Gasteiger charge is -2.26. The first kappa shape index (κ1) is 15.7. The van der Waals surface area contributed by atoms with Crippen LogP contribution in [0, 0.1) is 0 Å². The minimum atomic E-state index is -0.107. The molecule has 0 fully saturated rings. The zero-order chi connectivity index (χ0) is 15.4. The summed E-state index contributed by atoms with van der Waals surface area (Å²) in [5.74, 6) is 0.813. The summed E-state index contributed by atoms with van der Waals surface area (Å²) < 4.78 is 5.44. The van der Waals surface area contributed by atoms with Gasteiger partial charge in [-0.05, 0) is 30.7 Å². The van der Waals surface area contributed by atoms with Crippen molar-refractivity contribution in [2.75, 3.05) is 19.1 Å². The number of ether oxygens (including phenoxy) is 1. The number of anilines is 1. The first-order valence-electron chi connectivity index (χ1n) is 6.91. The third-order valence-electron chi connectivity index (χ3n) is 3.49. The molecule has 1 atom stereocenters. The summed E-state index contributed by atoms with van der Waals surface area (Å²) in [6.07, 6.45) is 0. The highest BCUT2D eigenvalue weighted by molar-refractivity contribution is 6.31. The number of halogens is 1. The van der Waals surface area contributed by atoms with Gasteiger partial charge >= 0.3 is 0 Å². The van der Waals surface area contributed by atoms with Crippen LogP contribution in [-0.2, 0) is 6.54 Å². The van der Waals surface area contributed by atoms with Gasteiger partial charge < -0.3 is 15.4 Å². The summed E-state index contributed by atoms with van der Waals surface area (Å²) in [4.78, 5) is 2.14. The van der Waals surface area contributed by atoms with Crippen LogP contribution in [0.4, 0.5) is 5.69 Å². The molecule has 0 saturated heterocycles. The lowest BCUT2D eigenvalue weighted by molar-refractivity contribution is 0.407. The summed E-state index contributed by atoms with van der Waals surface area (Å²) in [5.41, 5.74) is 9.27. The van der Waals surface area contributed by atoms with Crippen molar-refractivity contribution in [2.45, 2.75) is 19.5 Å². The quantitative estimate of drug-likeness (QED) is 0.907. The molecule has 0 radical (unpaired) electrons. The molecule has 21 heavy (non-hydrogen) atoms. The van der Waals surface area contributed by atoms with Crippen LogP contribution in [0.15, 0.2) is 42.5 Å². The average Bonchev–Trinajstić information content (AvgIpc) is 2.48. The van der Waals surface area contributed by atoms with Crippen LogP contribution in [0.25, 0.3) is 0 Å². The monoisotopic (exact) mass is 304 g/mol. The topological polar surface area (TPSA) is 38.5 Å². The van der Waals surface area contributed by atoms with Crippen molar-refractivity contribution in [3.8, 4) is 5.75 Å². The van der Waals surface area contributed by atoms with E-state index in [9.17, 15) is 0 Å². The van der Waals surface area contributed by atoms with Gasteiger partial charge in [-0.2, -0.15) is 0 Å². The molecule has 0 aliphatic carbocycles. The van der Waals surface area contributed by atoms with Crippen molar-refractivity contribution < 1.29 is 4.74 Å². The Morgan fingerprint density at radius 2 is 1.90 bits per heavy atom. The van der Waals surface area contributed by atoms with Crippen molar-refractivity contribution in [1.29, 1.82) is 0 Å². The molecule has 3 nitrogen and oxygen atoms in total. The summed E-state index contributed by atoms with van der Waals surface area (Å²) in [6, 6.07) is 13.7. The van der Waals surface area contributed by atoms with Crippen LogP contribution in [-0.4, -0.2) is 14.2 Å². The normalized spacial score (nSPS) is 12.0. The molecular formula is C17H21ClN2O. The fraction of sp³-hybridized carbons (Fsp3) is 0.294. The van der Waals surface area contributed by atoms with E-state index in [0.29, 0.717) is 6.54 Å². The Bertz CT molecular complexity index is 613. The number of benzene rings is 2. The highest BCUT2D eigenvalue weighted by atomic mass is 35.5. The molecule has 0 aliphatic rings. The zero-order valence-electron chi connectivity index (χ0n) is 12.6. The van der Waals surface area contributed by atoms with Crippen LogP contribution in [0.1, 0.15) is 24.1 Å². The van der Waals surface area contributed by atoms with E-state index in [2.05, 4.69) is 11.0 Å². The van der Waals surface area contributed by atoms with Gasteiger partial charge in [-0.15, -0.1) is 0 Å². The minimum Gasteiger partial charge on any atom is -0.496 e. The largest absolute Gasteiger partial charge is 0.496 e. The first-order valence-corrected chi connectivity index (χ1v) is 7.29. The molecule has 0 amide bonds. The highest BCUT2D eigenvalue weighted by Crippen LogP contribution is 2.34. The lowest BCUT2D eigenvalue weighted by atomic mass is 10.0. The lowest BCUT2D eigenvalue weighted by Crippen LogP contribution is -2.21. The van der Waals surface area contributed by atoms with Gasteiger partial charge in [-0.25, -0.2) is 0 Å². The van der Waals surface area contributed by atoms with E-state index in [1.165, 1.54) is 0 Å². The fourth-order valence-electron chi connectivity index (χ4n) is 2.47. The molecule has 0 aromatic heterocycles. The molecule has 0 saturated carbocycles. The van der Waals surface area contributed by atoms with Gasteiger partial charge in [-0.3, -0.25) is 0 Å². The fourth-order valence-corrected chi connectivity index (χ4v) is 2.66. The van der Waals surface area contributed by atoms with Crippen LogP contribution in [0.5, 0.6) is 5.75 Å². The molecule has 0 spiro atoms. The Hall–Kier alpha value is -1.71. The molecular weight excluding hydrogens is 284 g/mol. The van der Waals surface area contributed by atoms with E-state index in [0.717, 1.165) is 27.6 Å². The molecule has 2 aromatic rings. The van der Waals surface area contributed by atoms with Crippen molar-refractivity contribution in [1.82, 2.24) is 0 Å². The second-order valence-corrected chi connectivity index (χ2v) is 5.54. The Morgan fingerprint density at radius 3 is 2.52 bits per heavy atom. The number of hydrogen-bond acceptors (Lipinski definition) is 3. The molecule has 2 N–H and O–H groups in total. The first-order chi connectivity index (χ1) is 10.0. The summed E-state index contributed by atoms with van der Waals surface area (Å²) in [5, 5.41) is 0.773. The maximum Gasteiger partial charge on any atom is 0.125 e. The van der Waals surface area contributed by atoms with Crippen molar-refractivity contribution >= 4 is 17.3 Å². The van der Waals surface area contributed by atoms with Gasteiger partial charge in [0.05, 0.1) is 7.11 Å². The van der Waals surface area contributed by atoms with Crippen LogP contribution >= 0.6 is 11.6 Å². The predicted molar refractivity (Wildman–Crippen MR) is 89.2 cm³/mol. The molecule has 2 rings (SSSR count). The summed E-state index contributed by atoms with van der Waals surface area (Å²) >= 11 is 6.24. The van der Waals surface area contributed by atoms with Gasteiger partial charge in [0.1, 0.15) is 5.75 Å². The van der Waals surface area contributed by atoms with Crippen molar-refractivity contribution in [3.63, 3.8) is 0 Å². The van der Waals surface area contributed by atoms with E-state index in [1.54, 1.807) is 7.11 Å². The smallest absolute Gasteiger partial charge is 0.125 e. The van der Waals surface area contributed by atoms with E-state index >= 15 is 0 Å². The van der Waals surface area contributed by atoms with Gasteiger partial charge in [0.2, 0.25) is 0 Å². The van der Waals surface area contributed by atoms with Crippen LogP contribution in [0.2, 0.25) is 5.02 Å². The minimum absolute atomic E-state index is 0.107. The van der Waals surface area contributed by atoms with E-state index < -0.39 is 0 Å². The zero-order valence-corrected chi connectivity index (χ0v) is 13.4. The van der Waals surface area contributed by atoms with E-state index in [-0.39, 0.29) is 6.04 Å². The second kappa shape index (κ2) is 6.83. The maximum absolute atomic E-state index is 6.24. The van der Waals surface area contributed by atoms with Gasteiger partial charge in [0.15, 0.2) is 0 Å². The van der Waals surface area contributed by atoms with Crippen LogP contribution in [0.3, 0.4) is 0 Å². The molecule has 112 valence electrons. The maximum atomic E-state index is 6.24. The standard InChI is InChI=1S/C17H21ClN2O/c1-12(19)17-15(9-6-10-16(17)21-3)20(2)11-13-7-4-5-8-14(13)18/h4-10,12H,11,19H2,1-3H3/t12-/m0/s1. The summed E-state index contributed by atoms with van der Waals surface area (Å²) in [7, 11) is 3.70. The third-order valence-corrected chi connectivity index (χ3v) is 3.86. The Balaban J connectivity index is 2.35. The van der Waals surface area contributed by atoms with E-state index in [4.69, 9.17) is 22.1 Å². The number of nitrogens with two attached hydrogens (primary N) is 1. The molecule has 0 unspecified atom stereocenters. The molecule has 0 heterocycles. The Morgan fingerprint density at radius 1 is 1.19 bits per heavy atom. The van der Waals surface area contributed by atoms with Crippen molar-refractivity contribution in [3.05, 3.63) is 58.6 Å². The third kappa shape index (κ3) is 3.49. The van der Waals surface area contributed by atoms with Gasteiger partial charge in [0, 0.05) is 35.9 Å². The van der Waals surface area contributed by atoms with Gasteiger partial charge in [0.25, 0.3) is 0 Å². The number of methoxy groups -OCH3 is 1. The van der Waals surface area contributed by atoms with E-state index in [1.807, 2.05) is 50.4 Å². The molecule has 0 aliphatic heterocycles. The number of rotatable bonds is 5. The number of nitrogens with zero attached hydrogens (tertiary/aromatic N) is 1.